The van der Waals surface area contributed by atoms with Crippen LogP contribution in [0.25, 0.3) is 11.3 Å². The summed E-state index contributed by atoms with van der Waals surface area (Å²) in [5.41, 5.74) is 1.66. The van der Waals surface area contributed by atoms with Crippen molar-refractivity contribution < 1.29 is 4.74 Å². The molecular weight excluding hydrogens is 356 g/mol. The van der Waals surface area contributed by atoms with Gasteiger partial charge in [0.1, 0.15) is 5.69 Å². The first-order chi connectivity index (χ1) is 12.6. The van der Waals surface area contributed by atoms with Gasteiger partial charge in [0, 0.05) is 16.8 Å². The molecule has 8 heteroatoms. The highest BCUT2D eigenvalue weighted by Crippen LogP contribution is 2.56. The van der Waals surface area contributed by atoms with E-state index in [2.05, 4.69) is 20.2 Å². The first-order valence-corrected chi connectivity index (χ1v) is 8.44. The molecule has 2 heterocycles. The summed E-state index contributed by atoms with van der Waals surface area (Å²) < 4.78 is 5.35. The van der Waals surface area contributed by atoms with Gasteiger partial charge in [-0.05, 0) is 42.0 Å². The second-order valence-corrected chi connectivity index (χ2v) is 6.62. The topological polar surface area (TPSA) is 101 Å². The number of hydrogen-bond acceptors (Lipinski definition) is 5. The van der Waals surface area contributed by atoms with Crippen LogP contribution in [-0.2, 0) is 0 Å². The lowest BCUT2D eigenvalue weighted by atomic mass is 10.0. The molecule has 26 heavy (non-hydrogen) atoms. The second kappa shape index (κ2) is 6.42. The molecule has 2 unspecified atom stereocenters. The maximum absolute atomic E-state index is 12.0. The molecule has 1 saturated carbocycles. The molecule has 0 saturated heterocycles. The lowest BCUT2D eigenvalue weighted by molar-refractivity contribution is 0.386. The third-order valence-corrected chi connectivity index (χ3v) is 4.82. The molecule has 0 spiro atoms. The number of H-pyrrole nitrogens is 2. The van der Waals surface area contributed by atoms with E-state index in [1.54, 1.807) is 13.2 Å². The van der Waals surface area contributed by atoms with Gasteiger partial charge >= 0.3 is 5.69 Å². The summed E-state index contributed by atoms with van der Waals surface area (Å²) in [6, 6.07) is 9.58. The molecule has 0 radical (unpaired) electrons. The minimum atomic E-state index is -0.564. The number of ether oxygens (including phenoxy) is 1. The van der Waals surface area contributed by atoms with Crippen molar-refractivity contribution in [2.24, 2.45) is 0 Å². The third-order valence-electron chi connectivity index (χ3n) is 4.56. The highest BCUT2D eigenvalue weighted by atomic mass is 35.5. The number of aromatic amines is 2. The summed E-state index contributed by atoms with van der Waals surface area (Å²) in [6.07, 6.45) is 2.29. The summed E-state index contributed by atoms with van der Waals surface area (Å²) in [5, 5.41) is 8.86. The fraction of sp³-hybridized carbons (Fsp3) is 0.222. The predicted octanol–water partition coefficient (Wildman–Crippen LogP) is 2.45. The average Bonchev–Trinajstić information content (AvgIpc) is 3.42. The number of aromatic nitrogens is 4. The van der Waals surface area contributed by atoms with Crippen molar-refractivity contribution in [1.29, 1.82) is 0 Å². The van der Waals surface area contributed by atoms with Crippen molar-refractivity contribution in [2.45, 2.75) is 18.3 Å². The summed E-state index contributed by atoms with van der Waals surface area (Å²) in [7, 11) is 1.54. The Morgan fingerprint density at radius 2 is 1.92 bits per heavy atom. The number of nitrogens with zero attached hydrogens (tertiary/aromatic N) is 2. The first-order valence-electron chi connectivity index (χ1n) is 8.06. The Labute approximate surface area is 153 Å². The van der Waals surface area contributed by atoms with Gasteiger partial charge in [0.2, 0.25) is 5.88 Å². The molecule has 2 aromatic heterocycles. The molecule has 1 aliphatic rings. The normalized spacial score (nSPS) is 18.5. The van der Waals surface area contributed by atoms with Gasteiger partial charge in [-0.25, -0.2) is 4.79 Å². The number of hydrogen-bond donors (Lipinski definition) is 2. The number of methoxy groups -OCH3 is 1. The maximum atomic E-state index is 12.0. The van der Waals surface area contributed by atoms with Crippen LogP contribution >= 0.6 is 11.6 Å². The molecule has 1 aromatic carbocycles. The van der Waals surface area contributed by atoms with E-state index < -0.39 is 11.2 Å². The van der Waals surface area contributed by atoms with Gasteiger partial charge in [0.05, 0.1) is 12.7 Å². The van der Waals surface area contributed by atoms with Crippen molar-refractivity contribution >= 4 is 11.6 Å². The van der Waals surface area contributed by atoms with Crippen LogP contribution in [0.1, 0.15) is 29.4 Å². The van der Waals surface area contributed by atoms with Crippen molar-refractivity contribution in [3.63, 3.8) is 0 Å². The molecule has 1 fully saturated rings. The van der Waals surface area contributed by atoms with Gasteiger partial charge in [0.25, 0.3) is 5.56 Å². The zero-order valence-electron chi connectivity index (χ0n) is 13.8. The molecule has 1 aliphatic carbocycles. The Bertz CT molecular complexity index is 1070. The van der Waals surface area contributed by atoms with Crippen molar-refractivity contribution in [3.8, 4) is 17.1 Å². The van der Waals surface area contributed by atoms with E-state index in [0.717, 1.165) is 12.0 Å². The van der Waals surface area contributed by atoms with E-state index in [4.69, 9.17) is 16.3 Å². The Hall–Kier alpha value is -2.93. The molecule has 0 amide bonds. The van der Waals surface area contributed by atoms with Crippen LogP contribution in [0, 0.1) is 0 Å². The van der Waals surface area contributed by atoms with Crippen LogP contribution < -0.4 is 16.0 Å². The average molecular weight is 371 g/mol. The minimum Gasteiger partial charge on any atom is -0.480 e. The Morgan fingerprint density at radius 1 is 1.15 bits per heavy atom. The molecule has 7 nitrogen and oxygen atoms in total. The highest BCUT2D eigenvalue weighted by molar-refractivity contribution is 6.30. The highest BCUT2D eigenvalue weighted by Gasteiger charge is 2.42. The maximum Gasteiger partial charge on any atom is 0.325 e. The van der Waals surface area contributed by atoms with Gasteiger partial charge in [-0.15, -0.1) is 10.2 Å². The fourth-order valence-electron chi connectivity index (χ4n) is 3.17. The molecule has 0 aliphatic heterocycles. The van der Waals surface area contributed by atoms with Gasteiger partial charge in [-0.1, -0.05) is 23.7 Å². The lowest BCUT2D eigenvalue weighted by Crippen LogP contribution is -2.23. The zero-order chi connectivity index (χ0) is 18.3. The van der Waals surface area contributed by atoms with E-state index >= 15 is 0 Å². The number of halogens is 1. The van der Waals surface area contributed by atoms with Crippen molar-refractivity contribution in [2.75, 3.05) is 7.11 Å². The number of rotatable bonds is 4. The Morgan fingerprint density at radius 3 is 2.62 bits per heavy atom. The molecule has 4 rings (SSSR count). The van der Waals surface area contributed by atoms with E-state index in [1.807, 2.05) is 24.3 Å². The molecule has 132 valence electrons. The third kappa shape index (κ3) is 3.01. The van der Waals surface area contributed by atoms with Crippen LogP contribution in [-0.4, -0.2) is 27.3 Å². The predicted molar refractivity (Wildman–Crippen MR) is 96.8 cm³/mol. The lowest BCUT2D eigenvalue weighted by Gasteiger charge is -2.08. The Balaban J connectivity index is 1.71. The monoisotopic (exact) mass is 370 g/mol. The van der Waals surface area contributed by atoms with Crippen LogP contribution in [0.5, 0.6) is 5.88 Å². The first kappa shape index (κ1) is 16.5. The molecular formula is C18H15ClN4O3. The van der Waals surface area contributed by atoms with Crippen LogP contribution in [0.2, 0.25) is 5.02 Å². The van der Waals surface area contributed by atoms with Gasteiger partial charge in [-0.2, -0.15) is 0 Å². The van der Waals surface area contributed by atoms with Gasteiger partial charge < -0.3 is 9.72 Å². The van der Waals surface area contributed by atoms with Crippen LogP contribution in [0.4, 0.5) is 0 Å². The second-order valence-electron chi connectivity index (χ2n) is 6.18. The smallest absolute Gasteiger partial charge is 0.325 e. The van der Waals surface area contributed by atoms with Gasteiger partial charge in [0.15, 0.2) is 0 Å². The minimum absolute atomic E-state index is 0.224. The van der Waals surface area contributed by atoms with Crippen LogP contribution in [0.3, 0.4) is 0 Å². The van der Waals surface area contributed by atoms with E-state index in [9.17, 15) is 9.59 Å². The summed E-state index contributed by atoms with van der Waals surface area (Å²) in [6.45, 7) is 0. The van der Waals surface area contributed by atoms with E-state index in [1.165, 1.54) is 11.8 Å². The molecule has 2 atom stereocenters. The summed E-state index contributed by atoms with van der Waals surface area (Å²) in [5.74, 6) is 1.00. The SMILES string of the molecule is COc1nnc(-c2c[nH]c(=O)[nH]c2=O)cc1C1CC1c1ccc(Cl)cc1. The summed E-state index contributed by atoms with van der Waals surface area (Å²) in [4.78, 5) is 27.9. The van der Waals surface area contributed by atoms with E-state index in [-0.39, 0.29) is 11.5 Å². The van der Waals surface area contributed by atoms with Crippen molar-refractivity contribution in [1.82, 2.24) is 20.2 Å². The number of benzene rings is 1. The van der Waals surface area contributed by atoms with Gasteiger partial charge in [-0.3, -0.25) is 9.78 Å². The standard InChI is InChI=1S/C18H15ClN4O3/c1-26-17-13(12-6-11(12)9-2-4-10(19)5-3-9)7-15(22-23-17)14-8-20-18(25)21-16(14)24/h2-5,7-8,11-12H,6H2,1H3,(H2,20,21,24,25). The van der Waals surface area contributed by atoms with Crippen molar-refractivity contribution in [3.05, 3.63) is 73.5 Å². The quantitative estimate of drug-likeness (QED) is 0.734. The number of nitrogens with one attached hydrogen (secondary N) is 2. The van der Waals surface area contributed by atoms with Crippen LogP contribution in [0.15, 0.2) is 46.1 Å². The fourth-order valence-corrected chi connectivity index (χ4v) is 3.29. The largest absolute Gasteiger partial charge is 0.480 e. The zero-order valence-corrected chi connectivity index (χ0v) is 14.6. The molecule has 0 bridgehead atoms. The Kier molecular flexibility index (Phi) is 4.08. The summed E-state index contributed by atoms with van der Waals surface area (Å²) >= 11 is 5.96. The molecule has 2 N–H and O–H groups in total. The van der Waals surface area contributed by atoms with E-state index in [0.29, 0.717) is 22.5 Å². The molecule has 3 aromatic rings.